The average molecular weight is 283 g/mol. The molecule has 0 aliphatic carbocycles. The van der Waals surface area contributed by atoms with Crippen LogP contribution in [-0.2, 0) is 4.79 Å². The summed E-state index contributed by atoms with van der Waals surface area (Å²) in [5, 5.41) is 13.7. The van der Waals surface area contributed by atoms with Crippen LogP contribution < -0.4 is 9.47 Å². The van der Waals surface area contributed by atoms with Gasteiger partial charge >= 0.3 is 12.3 Å². The molecule has 2 heterocycles. The molecule has 3 aromatic rings. The molecule has 0 bridgehead atoms. The Labute approximate surface area is 118 Å². The third-order valence-electron chi connectivity index (χ3n) is 3.27. The number of ether oxygens (including phenoxy) is 2. The van der Waals surface area contributed by atoms with Crippen LogP contribution in [-0.4, -0.2) is 22.5 Å². The molecule has 1 aliphatic heterocycles. The molecule has 0 saturated heterocycles. The van der Waals surface area contributed by atoms with Crippen LogP contribution in [0.15, 0.2) is 47.0 Å². The monoisotopic (exact) mass is 283 g/mol. The SMILES string of the molecule is O=C(O)C1Oc2ccc3c(-c4ccccc4)noc3c2O1. The van der Waals surface area contributed by atoms with E-state index in [-0.39, 0.29) is 5.75 Å². The number of carboxylic acids is 1. The first-order valence-corrected chi connectivity index (χ1v) is 6.28. The van der Waals surface area contributed by atoms with Gasteiger partial charge in [-0.3, -0.25) is 0 Å². The molecule has 1 aromatic heterocycles. The van der Waals surface area contributed by atoms with Crippen LogP contribution >= 0.6 is 0 Å². The quantitative estimate of drug-likeness (QED) is 0.778. The molecular formula is C15H9NO5. The zero-order valence-corrected chi connectivity index (χ0v) is 10.6. The van der Waals surface area contributed by atoms with Crippen molar-refractivity contribution in [3.63, 3.8) is 0 Å². The zero-order chi connectivity index (χ0) is 14.4. The largest absolute Gasteiger partial charge is 0.476 e. The van der Waals surface area contributed by atoms with Crippen LogP contribution in [0.5, 0.6) is 11.5 Å². The number of aliphatic carboxylic acids is 1. The summed E-state index contributed by atoms with van der Waals surface area (Å²) in [6, 6.07) is 13.0. The van der Waals surface area contributed by atoms with E-state index in [2.05, 4.69) is 5.16 Å². The van der Waals surface area contributed by atoms with Gasteiger partial charge in [0.25, 0.3) is 0 Å². The van der Waals surface area contributed by atoms with Gasteiger partial charge in [0.05, 0.1) is 5.39 Å². The van der Waals surface area contributed by atoms with Crippen LogP contribution in [0.3, 0.4) is 0 Å². The van der Waals surface area contributed by atoms with E-state index >= 15 is 0 Å². The van der Waals surface area contributed by atoms with E-state index in [1.807, 2.05) is 30.3 Å². The van der Waals surface area contributed by atoms with Crippen molar-refractivity contribution in [3.05, 3.63) is 42.5 Å². The first kappa shape index (κ1) is 11.8. The maximum absolute atomic E-state index is 10.9. The molecule has 1 aliphatic rings. The maximum Gasteiger partial charge on any atom is 0.387 e. The molecule has 0 radical (unpaired) electrons. The van der Waals surface area contributed by atoms with Gasteiger partial charge in [-0.25, -0.2) is 4.79 Å². The lowest BCUT2D eigenvalue weighted by Crippen LogP contribution is -2.28. The fourth-order valence-electron chi connectivity index (χ4n) is 2.32. The minimum absolute atomic E-state index is 0.273. The van der Waals surface area contributed by atoms with E-state index in [0.717, 1.165) is 10.9 Å². The van der Waals surface area contributed by atoms with Crippen molar-refractivity contribution in [3.8, 4) is 22.8 Å². The van der Waals surface area contributed by atoms with Gasteiger partial charge in [0.1, 0.15) is 5.69 Å². The Morgan fingerprint density at radius 1 is 1.10 bits per heavy atom. The normalized spacial score (nSPS) is 16.3. The van der Waals surface area contributed by atoms with Gasteiger partial charge in [0, 0.05) is 5.56 Å². The maximum atomic E-state index is 10.9. The highest BCUT2D eigenvalue weighted by Crippen LogP contribution is 2.43. The topological polar surface area (TPSA) is 81.8 Å². The molecule has 2 aromatic carbocycles. The molecule has 6 nitrogen and oxygen atoms in total. The van der Waals surface area contributed by atoms with E-state index in [0.29, 0.717) is 17.0 Å². The summed E-state index contributed by atoms with van der Waals surface area (Å²) in [5.74, 6) is -0.581. The van der Waals surface area contributed by atoms with Gasteiger partial charge in [-0.1, -0.05) is 35.5 Å². The smallest absolute Gasteiger partial charge is 0.387 e. The van der Waals surface area contributed by atoms with Crippen molar-refractivity contribution in [2.75, 3.05) is 0 Å². The van der Waals surface area contributed by atoms with E-state index in [9.17, 15) is 4.79 Å². The number of benzene rings is 2. The lowest BCUT2D eigenvalue weighted by atomic mass is 10.1. The predicted octanol–water partition coefficient (Wildman–Crippen LogP) is 2.68. The number of aromatic nitrogens is 1. The van der Waals surface area contributed by atoms with Crippen LogP contribution in [0.2, 0.25) is 0 Å². The summed E-state index contributed by atoms with van der Waals surface area (Å²) >= 11 is 0. The van der Waals surface area contributed by atoms with Gasteiger partial charge in [-0.05, 0) is 12.1 Å². The lowest BCUT2D eigenvalue weighted by molar-refractivity contribution is -0.154. The Kier molecular flexibility index (Phi) is 2.38. The first-order chi connectivity index (χ1) is 10.2. The molecule has 4 rings (SSSR count). The van der Waals surface area contributed by atoms with Crippen LogP contribution in [0.1, 0.15) is 0 Å². The molecule has 0 spiro atoms. The van der Waals surface area contributed by atoms with Crippen LogP contribution in [0, 0.1) is 0 Å². The third kappa shape index (κ3) is 1.73. The van der Waals surface area contributed by atoms with E-state index < -0.39 is 12.3 Å². The van der Waals surface area contributed by atoms with Crippen molar-refractivity contribution in [1.82, 2.24) is 5.16 Å². The van der Waals surface area contributed by atoms with Gasteiger partial charge in [-0.2, -0.15) is 0 Å². The molecule has 0 fully saturated rings. The van der Waals surface area contributed by atoms with E-state index in [1.54, 1.807) is 12.1 Å². The number of carbonyl (C=O) groups is 1. The Morgan fingerprint density at radius 2 is 1.90 bits per heavy atom. The standard InChI is InChI=1S/C15H9NO5/c17-14(18)15-19-10-7-6-9-11(8-4-2-1-3-5-8)16-21-12(9)13(10)20-15/h1-7,15H,(H,17,18). The van der Waals surface area contributed by atoms with Crippen molar-refractivity contribution in [2.24, 2.45) is 0 Å². The molecule has 1 N–H and O–H groups in total. The summed E-state index contributed by atoms with van der Waals surface area (Å²) in [6.45, 7) is 0. The number of hydrogen-bond acceptors (Lipinski definition) is 5. The second-order valence-corrected chi connectivity index (χ2v) is 4.57. The predicted molar refractivity (Wildman–Crippen MR) is 72.1 cm³/mol. The molecule has 104 valence electrons. The zero-order valence-electron chi connectivity index (χ0n) is 10.6. The fraction of sp³-hybridized carbons (Fsp3) is 0.0667. The van der Waals surface area contributed by atoms with Crippen LogP contribution in [0.4, 0.5) is 0 Å². The molecule has 21 heavy (non-hydrogen) atoms. The van der Waals surface area contributed by atoms with Crippen LogP contribution in [0.25, 0.3) is 22.2 Å². The second-order valence-electron chi connectivity index (χ2n) is 4.57. The van der Waals surface area contributed by atoms with Crippen molar-refractivity contribution in [2.45, 2.75) is 6.29 Å². The summed E-state index contributed by atoms with van der Waals surface area (Å²) in [5.41, 5.74) is 1.97. The number of hydrogen-bond donors (Lipinski definition) is 1. The van der Waals surface area contributed by atoms with Crippen molar-refractivity contribution >= 4 is 16.9 Å². The Morgan fingerprint density at radius 3 is 2.67 bits per heavy atom. The summed E-state index contributed by atoms with van der Waals surface area (Å²) in [7, 11) is 0. The lowest BCUT2D eigenvalue weighted by Gasteiger charge is -2.01. The highest BCUT2D eigenvalue weighted by atomic mass is 16.7. The summed E-state index contributed by atoms with van der Waals surface area (Å²) < 4.78 is 15.8. The second kappa shape index (κ2) is 4.24. The van der Waals surface area contributed by atoms with E-state index in [1.165, 1.54) is 0 Å². The molecule has 1 unspecified atom stereocenters. The number of carboxylic acid groups (broad SMARTS) is 1. The minimum Gasteiger partial charge on any atom is -0.476 e. The van der Waals surface area contributed by atoms with Gasteiger partial charge in [-0.15, -0.1) is 0 Å². The van der Waals surface area contributed by atoms with Gasteiger partial charge < -0.3 is 19.1 Å². The number of rotatable bonds is 2. The highest BCUT2D eigenvalue weighted by molar-refractivity contribution is 5.96. The molecule has 0 saturated carbocycles. The number of fused-ring (bicyclic) bond motifs is 3. The summed E-state index contributed by atoms with van der Waals surface area (Å²) in [6.07, 6.45) is -1.35. The van der Waals surface area contributed by atoms with Crippen molar-refractivity contribution in [1.29, 1.82) is 0 Å². The summed E-state index contributed by atoms with van der Waals surface area (Å²) in [4.78, 5) is 10.9. The van der Waals surface area contributed by atoms with Gasteiger partial charge in [0.2, 0.25) is 11.3 Å². The van der Waals surface area contributed by atoms with Gasteiger partial charge in [0.15, 0.2) is 5.75 Å². The molecule has 6 heteroatoms. The fourth-order valence-corrected chi connectivity index (χ4v) is 2.32. The Bertz CT molecular complexity index is 840. The van der Waals surface area contributed by atoms with Crippen molar-refractivity contribution < 1.29 is 23.9 Å². The number of nitrogens with zero attached hydrogens (tertiary/aromatic N) is 1. The Balaban J connectivity index is 1.87. The highest BCUT2D eigenvalue weighted by Gasteiger charge is 2.34. The average Bonchev–Trinajstić information content (AvgIpc) is 3.11. The Hall–Kier alpha value is -3.02. The minimum atomic E-state index is -1.35. The molecular weight excluding hydrogens is 274 g/mol. The molecule has 1 atom stereocenters. The van der Waals surface area contributed by atoms with E-state index in [4.69, 9.17) is 19.1 Å². The third-order valence-corrected chi connectivity index (χ3v) is 3.27. The molecule has 0 amide bonds. The first-order valence-electron chi connectivity index (χ1n) is 6.28.